The Hall–Kier alpha value is -3.10. The van der Waals surface area contributed by atoms with Crippen LogP contribution < -0.4 is 19.7 Å². The van der Waals surface area contributed by atoms with Crippen LogP contribution in [-0.2, 0) is 9.59 Å². The van der Waals surface area contributed by atoms with Crippen LogP contribution >= 0.6 is 0 Å². The lowest BCUT2D eigenvalue weighted by Gasteiger charge is -2.17. The second-order valence-electron chi connectivity index (χ2n) is 5.27. The number of nitrogens with one attached hydrogen (secondary N) is 2. The van der Waals surface area contributed by atoms with Crippen LogP contribution in [0.5, 0.6) is 11.5 Å². The predicted octanol–water partition coefficient (Wildman–Crippen LogP) is 0.525. The molecule has 2 aliphatic heterocycles. The van der Waals surface area contributed by atoms with E-state index in [9.17, 15) is 9.59 Å². The fourth-order valence-electron chi connectivity index (χ4n) is 2.67. The highest BCUT2D eigenvalue weighted by atomic mass is 16.7. The summed E-state index contributed by atoms with van der Waals surface area (Å²) in [6.07, 6.45) is 1.45. The lowest BCUT2D eigenvalue weighted by atomic mass is 10.1. The van der Waals surface area contributed by atoms with Crippen molar-refractivity contribution < 1.29 is 19.1 Å². The number of amides is 2. The first kappa shape index (κ1) is 13.6. The molecule has 0 bridgehead atoms. The molecule has 118 valence electrons. The minimum Gasteiger partial charge on any atom is -0.454 e. The van der Waals surface area contributed by atoms with Crippen molar-refractivity contribution in [1.82, 2.24) is 15.2 Å². The van der Waals surface area contributed by atoms with E-state index in [0.717, 1.165) is 0 Å². The van der Waals surface area contributed by atoms with E-state index in [2.05, 4.69) is 20.5 Å². The lowest BCUT2D eigenvalue weighted by molar-refractivity contribution is -0.122. The molecule has 3 heterocycles. The number of carbonyl (C=O) groups excluding carboxylic acids is 2. The van der Waals surface area contributed by atoms with Crippen LogP contribution in [0.15, 0.2) is 24.5 Å². The summed E-state index contributed by atoms with van der Waals surface area (Å²) in [5.41, 5.74) is 0.689. The second kappa shape index (κ2) is 5.27. The smallest absolute Gasteiger partial charge is 0.232 e. The van der Waals surface area contributed by atoms with E-state index in [1.54, 1.807) is 23.1 Å². The normalized spacial score (nSPS) is 19.2. The average Bonchev–Trinajstić information content (AvgIpc) is 3.26. The molecular formula is C14H13N5O4. The Balaban J connectivity index is 1.49. The molecule has 0 radical (unpaired) electrons. The van der Waals surface area contributed by atoms with Crippen LogP contribution in [0.25, 0.3) is 0 Å². The third-order valence-electron chi connectivity index (χ3n) is 3.82. The molecule has 1 aromatic carbocycles. The maximum Gasteiger partial charge on any atom is 0.232 e. The average molecular weight is 315 g/mol. The first-order valence-electron chi connectivity index (χ1n) is 7.07. The molecule has 9 nitrogen and oxygen atoms in total. The van der Waals surface area contributed by atoms with Crippen molar-refractivity contribution in [3.05, 3.63) is 24.5 Å². The minimum atomic E-state index is -0.446. The highest BCUT2D eigenvalue weighted by Gasteiger charge is 2.36. The van der Waals surface area contributed by atoms with Gasteiger partial charge in [-0.1, -0.05) is 0 Å². The number of hydrogen-bond acceptors (Lipinski definition) is 6. The molecule has 0 saturated carbocycles. The Labute approximate surface area is 130 Å². The van der Waals surface area contributed by atoms with E-state index in [0.29, 0.717) is 23.7 Å². The number of benzene rings is 1. The van der Waals surface area contributed by atoms with Crippen molar-refractivity contribution in [1.29, 1.82) is 0 Å². The van der Waals surface area contributed by atoms with Crippen LogP contribution in [0.4, 0.5) is 11.6 Å². The Morgan fingerprint density at radius 2 is 2.22 bits per heavy atom. The first-order valence-corrected chi connectivity index (χ1v) is 7.07. The molecule has 1 aromatic heterocycles. The zero-order chi connectivity index (χ0) is 15.8. The third kappa shape index (κ3) is 2.45. The number of carbonyl (C=O) groups is 2. The lowest BCUT2D eigenvalue weighted by Crippen LogP contribution is -2.28. The van der Waals surface area contributed by atoms with Crippen molar-refractivity contribution in [2.45, 2.75) is 6.42 Å². The molecule has 0 unspecified atom stereocenters. The van der Waals surface area contributed by atoms with Crippen molar-refractivity contribution in [2.24, 2.45) is 5.92 Å². The summed E-state index contributed by atoms with van der Waals surface area (Å²) in [4.78, 5) is 29.8. The van der Waals surface area contributed by atoms with Crippen LogP contribution in [0.2, 0.25) is 0 Å². The summed E-state index contributed by atoms with van der Waals surface area (Å²) in [6.45, 7) is 0.480. The van der Waals surface area contributed by atoms with Gasteiger partial charge in [-0.2, -0.15) is 10.1 Å². The summed E-state index contributed by atoms with van der Waals surface area (Å²) < 4.78 is 10.6. The van der Waals surface area contributed by atoms with Crippen molar-refractivity contribution >= 4 is 23.5 Å². The number of nitrogens with zero attached hydrogens (tertiary/aromatic N) is 3. The molecule has 1 saturated heterocycles. The fraction of sp³-hybridized carbons (Fsp3) is 0.286. The van der Waals surface area contributed by atoms with Gasteiger partial charge in [0.05, 0.1) is 5.92 Å². The third-order valence-corrected chi connectivity index (χ3v) is 3.82. The van der Waals surface area contributed by atoms with Crippen LogP contribution in [0.3, 0.4) is 0 Å². The molecular weight excluding hydrogens is 302 g/mol. The van der Waals surface area contributed by atoms with Crippen molar-refractivity contribution in [3.63, 3.8) is 0 Å². The van der Waals surface area contributed by atoms with E-state index in [1.165, 1.54) is 6.33 Å². The van der Waals surface area contributed by atoms with Gasteiger partial charge in [0.1, 0.15) is 6.33 Å². The molecule has 2 N–H and O–H groups in total. The molecule has 4 rings (SSSR count). The maximum absolute atomic E-state index is 12.2. The minimum absolute atomic E-state index is 0.110. The van der Waals surface area contributed by atoms with E-state index in [1.807, 2.05) is 0 Å². The van der Waals surface area contributed by atoms with Gasteiger partial charge in [0.15, 0.2) is 11.5 Å². The number of anilines is 2. The second-order valence-corrected chi connectivity index (χ2v) is 5.27. The first-order chi connectivity index (χ1) is 11.2. The summed E-state index contributed by atoms with van der Waals surface area (Å²) in [6, 6.07) is 5.28. The van der Waals surface area contributed by atoms with Crippen LogP contribution in [-0.4, -0.2) is 40.3 Å². The van der Waals surface area contributed by atoms with Gasteiger partial charge in [0.2, 0.25) is 24.6 Å². The van der Waals surface area contributed by atoms with Crippen LogP contribution in [0, 0.1) is 5.92 Å². The Bertz CT molecular complexity index is 761. The van der Waals surface area contributed by atoms with Gasteiger partial charge in [-0.3, -0.25) is 14.9 Å². The van der Waals surface area contributed by atoms with Crippen LogP contribution in [0.1, 0.15) is 6.42 Å². The number of H-pyrrole nitrogens is 1. The van der Waals surface area contributed by atoms with Crippen molar-refractivity contribution in [2.75, 3.05) is 23.6 Å². The van der Waals surface area contributed by atoms with Gasteiger partial charge in [-0.05, 0) is 12.1 Å². The number of fused-ring (bicyclic) bond motifs is 1. The summed E-state index contributed by atoms with van der Waals surface area (Å²) in [7, 11) is 0. The standard InChI is InChI=1S/C14H13N5O4/c20-12-3-8(13(21)17-14-15-6-16-18-14)5-19(12)9-1-2-10-11(4-9)23-7-22-10/h1-2,4,6,8H,3,5,7H2,(H2,15,16,17,18,21)/t8-/m0/s1. The van der Waals surface area contributed by atoms with Gasteiger partial charge in [0, 0.05) is 24.7 Å². The highest BCUT2D eigenvalue weighted by Crippen LogP contribution is 2.37. The van der Waals surface area contributed by atoms with E-state index >= 15 is 0 Å². The molecule has 2 aromatic rings. The Kier molecular flexibility index (Phi) is 3.11. The van der Waals surface area contributed by atoms with E-state index < -0.39 is 5.92 Å². The molecule has 1 atom stereocenters. The largest absolute Gasteiger partial charge is 0.454 e. The molecule has 2 aliphatic rings. The molecule has 0 aliphatic carbocycles. The van der Waals surface area contributed by atoms with Gasteiger partial charge in [0.25, 0.3) is 0 Å². The zero-order valence-electron chi connectivity index (χ0n) is 12.0. The molecule has 1 fully saturated rings. The molecule has 0 spiro atoms. The van der Waals surface area contributed by atoms with Gasteiger partial charge in [-0.25, -0.2) is 5.10 Å². The quantitative estimate of drug-likeness (QED) is 0.855. The predicted molar refractivity (Wildman–Crippen MR) is 78.0 cm³/mol. The van der Waals surface area contributed by atoms with Crippen molar-refractivity contribution in [3.8, 4) is 11.5 Å². The Morgan fingerprint density at radius 3 is 3.04 bits per heavy atom. The fourth-order valence-corrected chi connectivity index (χ4v) is 2.67. The molecule has 9 heteroatoms. The van der Waals surface area contributed by atoms with Gasteiger partial charge in [-0.15, -0.1) is 0 Å². The number of hydrogen-bond donors (Lipinski definition) is 2. The number of aromatic nitrogens is 3. The number of rotatable bonds is 3. The topological polar surface area (TPSA) is 109 Å². The maximum atomic E-state index is 12.2. The summed E-state index contributed by atoms with van der Waals surface area (Å²) >= 11 is 0. The van der Waals surface area contributed by atoms with Gasteiger partial charge >= 0.3 is 0 Å². The zero-order valence-corrected chi connectivity index (χ0v) is 12.0. The molecule has 23 heavy (non-hydrogen) atoms. The SMILES string of the molecule is O=C(Nc1ncn[nH]1)[C@H]1CC(=O)N(c2ccc3c(c2)OCO3)C1. The summed E-state index contributed by atoms with van der Waals surface area (Å²) in [5.74, 6) is 0.701. The summed E-state index contributed by atoms with van der Waals surface area (Å²) in [5, 5.41) is 8.82. The highest BCUT2D eigenvalue weighted by molar-refractivity contribution is 6.03. The van der Waals surface area contributed by atoms with Gasteiger partial charge < -0.3 is 14.4 Å². The number of aromatic amines is 1. The van der Waals surface area contributed by atoms with E-state index in [4.69, 9.17) is 9.47 Å². The Morgan fingerprint density at radius 1 is 1.35 bits per heavy atom. The number of ether oxygens (including phenoxy) is 2. The van der Waals surface area contributed by atoms with E-state index in [-0.39, 0.29) is 31.0 Å². The monoisotopic (exact) mass is 315 g/mol. The molecule has 2 amide bonds.